The molecule has 1 aromatic carbocycles. The molecule has 1 rings (SSSR count). The number of hydrazine groups is 1. The largest absolute Gasteiger partial charge is 0.417 e. The molecule has 11 heteroatoms. The summed E-state index contributed by atoms with van der Waals surface area (Å²) in [4.78, 5) is 11.2. The number of carbonyl (C=O) groups excluding carboxylic acids is 1. The van der Waals surface area contributed by atoms with Crippen LogP contribution in [0.25, 0.3) is 0 Å². The van der Waals surface area contributed by atoms with Gasteiger partial charge in [0.25, 0.3) is 5.91 Å². The van der Waals surface area contributed by atoms with Crippen LogP contribution in [0.4, 0.5) is 18.9 Å². The molecule has 0 saturated carbocycles. The van der Waals surface area contributed by atoms with Gasteiger partial charge in [0.2, 0.25) is 10.0 Å². The number of carbonyl (C=O) groups is 1. The van der Waals surface area contributed by atoms with Gasteiger partial charge in [0.15, 0.2) is 0 Å². The monoisotopic (exact) mass is 345 g/mol. The SMILES string of the molecule is CS(=O)(=O)N(CC(=O)NN)c1ccc(Cl)c(C(F)(F)F)c1. The molecule has 1 amide bonds. The Morgan fingerprint density at radius 2 is 2.00 bits per heavy atom. The molecule has 0 atom stereocenters. The Morgan fingerprint density at radius 3 is 2.43 bits per heavy atom. The third kappa shape index (κ3) is 4.48. The molecule has 0 bridgehead atoms. The highest BCUT2D eigenvalue weighted by molar-refractivity contribution is 7.92. The van der Waals surface area contributed by atoms with Crippen molar-refractivity contribution in [3.63, 3.8) is 0 Å². The second-order valence-corrected chi connectivity index (χ2v) is 6.31. The van der Waals surface area contributed by atoms with Crippen LogP contribution in [0.1, 0.15) is 5.56 Å². The van der Waals surface area contributed by atoms with Gasteiger partial charge in [0.05, 0.1) is 22.5 Å². The van der Waals surface area contributed by atoms with Gasteiger partial charge in [0, 0.05) is 0 Å². The highest BCUT2D eigenvalue weighted by Crippen LogP contribution is 2.37. The van der Waals surface area contributed by atoms with E-state index >= 15 is 0 Å². The summed E-state index contributed by atoms with van der Waals surface area (Å²) < 4.78 is 62.0. The van der Waals surface area contributed by atoms with Crippen molar-refractivity contribution >= 4 is 33.2 Å². The maximum Gasteiger partial charge on any atom is 0.417 e. The molecule has 0 aliphatic carbocycles. The lowest BCUT2D eigenvalue weighted by Crippen LogP contribution is -2.42. The number of hydrogen-bond donors (Lipinski definition) is 2. The Hall–Kier alpha value is -1.52. The molecular formula is C10H11ClF3N3O3S. The summed E-state index contributed by atoms with van der Waals surface area (Å²) in [6.07, 6.45) is -4.01. The van der Waals surface area contributed by atoms with Crippen molar-refractivity contribution in [2.45, 2.75) is 6.18 Å². The minimum atomic E-state index is -4.76. The van der Waals surface area contributed by atoms with Gasteiger partial charge < -0.3 is 0 Å². The Morgan fingerprint density at radius 1 is 1.43 bits per heavy atom. The average molecular weight is 346 g/mol. The molecule has 6 nitrogen and oxygen atoms in total. The zero-order chi connectivity index (χ0) is 16.4. The first kappa shape index (κ1) is 17.5. The van der Waals surface area contributed by atoms with Gasteiger partial charge >= 0.3 is 6.18 Å². The number of nitrogens with zero attached hydrogens (tertiary/aromatic N) is 1. The van der Waals surface area contributed by atoms with Crippen LogP contribution in [-0.2, 0) is 21.0 Å². The number of nitrogens with one attached hydrogen (secondary N) is 1. The summed E-state index contributed by atoms with van der Waals surface area (Å²) in [5.74, 6) is 3.96. The van der Waals surface area contributed by atoms with E-state index in [0.717, 1.165) is 18.4 Å². The smallest absolute Gasteiger partial charge is 0.293 e. The molecule has 0 aliphatic heterocycles. The van der Waals surface area contributed by atoms with Gasteiger partial charge in [-0.3, -0.25) is 14.5 Å². The number of halogens is 4. The van der Waals surface area contributed by atoms with E-state index < -0.39 is 39.2 Å². The summed E-state index contributed by atoms with van der Waals surface area (Å²) in [6.45, 7) is -0.756. The van der Waals surface area contributed by atoms with Gasteiger partial charge in [-0.25, -0.2) is 14.3 Å². The summed E-state index contributed by atoms with van der Waals surface area (Å²) in [5, 5.41) is -0.581. The van der Waals surface area contributed by atoms with E-state index in [-0.39, 0.29) is 5.69 Å². The van der Waals surface area contributed by atoms with Crippen LogP contribution in [0.5, 0.6) is 0 Å². The zero-order valence-electron chi connectivity index (χ0n) is 10.6. The third-order valence-electron chi connectivity index (χ3n) is 2.39. The predicted molar refractivity (Wildman–Crippen MR) is 71.0 cm³/mol. The summed E-state index contributed by atoms with van der Waals surface area (Å²) in [7, 11) is -3.99. The Balaban J connectivity index is 3.36. The van der Waals surface area contributed by atoms with Crippen molar-refractivity contribution in [3.05, 3.63) is 28.8 Å². The minimum absolute atomic E-state index is 0.349. The number of benzene rings is 1. The van der Waals surface area contributed by atoms with Gasteiger partial charge in [0.1, 0.15) is 6.54 Å². The molecule has 0 saturated heterocycles. The van der Waals surface area contributed by atoms with Gasteiger partial charge in [-0.05, 0) is 18.2 Å². The minimum Gasteiger partial charge on any atom is -0.293 e. The van der Waals surface area contributed by atoms with E-state index in [4.69, 9.17) is 17.4 Å². The van der Waals surface area contributed by atoms with Crippen LogP contribution in [0.2, 0.25) is 5.02 Å². The predicted octanol–water partition coefficient (Wildman–Crippen LogP) is 1.11. The molecule has 0 aromatic heterocycles. The van der Waals surface area contributed by atoms with E-state index in [2.05, 4.69) is 0 Å². The number of alkyl halides is 3. The molecule has 21 heavy (non-hydrogen) atoms. The molecule has 0 fully saturated rings. The number of sulfonamides is 1. The normalized spacial score (nSPS) is 12.1. The zero-order valence-corrected chi connectivity index (χ0v) is 12.2. The van der Waals surface area contributed by atoms with E-state index in [1.165, 1.54) is 0 Å². The fraction of sp³-hybridized carbons (Fsp3) is 0.300. The maximum atomic E-state index is 12.8. The number of nitrogens with two attached hydrogens (primary N) is 1. The van der Waals surface area contributed by atoms with Gasteiger partial charge in [-0.1, -0.05) is 11.6 Å². The first-order valence-corrected chi connectivity index (χ1v) is 7.53. The first-order chi connectivity index (χ1) is 9.46. The van der Waals surface area contributed by atoms with Crippen LogP contribution >= 0.6 is 11.6 Å². The molecule has 0 unspecified atom stereocenters. The summed E-state index contributed by atoms with van der Waals surface area (Å²) in [6, 6.07) is 2.51. The van der Waals surface area contributed by atoms with Crippen molar-refractivity contribution in [1.82, 2.24) is 5.43 Å². The summed E-state index contributed by atoms with van der Waals surface area (Å²) >= 11 is 5.45. The first-order valence-electron chi connectivity index (χ1n) is 5.30. The van der Waals surface area contributed by atoms with Crippen LogP contribution in [0.15, 0.2) is 18.2 Å². The standard InChI is InChI=1S/C10H11ClF3N3O3S/c1-21(19,20)17(5-9(18)16-15)6-2-3-8(11)7(4-6)10(12,13)14/h2-4H,5,15H2,1H3,(H,16,18). The van der Waals surface area contributed by atoms with Crippen molar-refractivity contribution < 1.29 is 26.4 Å². The van der Waals surface area contributed by atoms with Crippen molar-refractivity contribution in [1.29, 1.82) is 0 Å². The van der Waals surface area contributed by atoms with E-state index in [0.29, 0.717) is 10.4 Å². The average Bonchev–Trinajstić information content (AvgIpc) is 2.33. The van der Waals surface area contributed by atoms with Crippen LogP contribution in [-0.4, -0.2) is 27.1 Å². The number of amides is 1. The van der Waals surface area contributed by atoms with E-state index in [9.17, 15) is 26.4 Å². The van der Waals surface area contributed by atoms with E-state index in [1.807, 2.05) is 0 Å². The Kier molecular flexibility index (Phi) is 5.07. The molecule has 1 aromatic rings. The van der Waals surface area contributed by atoms with Crippen LogP contribution in [0.3, 0.4) is 0 Å². The van der Waals surface area contributed by atoms with Gasteiger partial charge in [-0.2, -0.15) is 13.2 Å². The van der Waals surface area contributed by atoms with Crippen LogP contribution < -0.4 is 15.6 Å². The molecule has 0 heterocycles. The highest BCUT2D eigenvalue weighted by Gasteiger charge is 2.34. The fourth-order valence-electron chi connectivity index (χ4n) is 1.46. The molecule has 118 valence electrons. The topological polar surface area (TPSA) is 92.5 Å². The highest BCUT2D eigenvalue weighted by atomic mass is 35.5. The molecule has 0 aliphatic rings. The Labute approximate surface area is 123 Å². The van der Waals surface area contributed by atoms with Crippen molar-refractivity contribution in [2.75, 3.05) is 17.1 Å². The lowest BCUT2D eigenvalue weighted by atomic mass is 10.2. The molecule has 0 spiro atoms. The van der Waals surface area contributed by atoms with Gasteiger partial charge in [-0.15, -0.1) is 0 Å². The summed E-state index contributed by atoms with van der Waals surface area (Å²) in [5.41, 5.74) is 0.146. The second kappa shape index (κ2) is 6.08. The number of hydrogen-bond acceptors (Lipinski definition) is 4. The lowest BCUT2D eigenvalue weighted by Gasteiger charge is -2.22. The number of rotatable bonds is 4. The molecule has 0 radical (unpaired) electrons. The maximum absolute atomic E-state index is 12.8. The second-order valence-electron chi connectivity index (χ2n) is 4.00. The third-order valence-corrected chi connectivity index (χ3v) is 3.86. The molecular weight excluding hydrogens is 335 g/mol. The number of anilines is 1. The quantitative estimate of drug-likeness (QED) is 0.486. The van der Waals surface area contributed by atoms with Crippen molar-refractivity contribution in [2.24, 2.45) is 5.84 Å². The van der Waals surface area contributed by atoms with Crippen molar-refractivity contribution in [3.8, 4) is 0 Å². The Bertz CT molecular complexity index is 649. The van der Waals surface area contributed by atoms with Crippen LogP contribution in [0, 0.1) is 0 Å². The fourth-order valence-corrected chi connectivity index (χ4v) is 2.53. The lowest BCUT2D eigenvalue weighted by molar-refractivity contribution is -0.137. The van der Waals surface area contributed by atoms with E-state index in [1.54, 1.807) is 5.43 Å². The molecule has 3 N–H and O–H groups in total.